The Labute approximate surface area is 66.3 Å². The summed E-state index contributed by atoms with van der Waals surface area (Å²) >= 11 is 0. The zero-order chi connectivity index (χ0) is 7.84. The molecule has 0 aromatic carbocycles. The Hall–Kier alpha value is -0.410. The fourth-order valence-corrected chi connectivity index (χ4v) is 2.02. The van der Waals surface area contributed by atoms with Gasteiger partial charge >= 0.3 is 0 Å². The van der Waals surface area contributed by atoms with Gasteiger partial charge in [-0.2, -0.15) is 0 Å². The van der Waals surface area contributed by atoms with Gasteiger partial charge in [0.1, 0.15) is 6.61 Å². The zero-order valence-electron chi connectivity index (χ0n) is 6.75. The van der Waals surface area contributed by atoms with Crippen LogP contribution in [0.3, 0.4) is 0 Å². The molecule has 2 saturated heterocycles. The average molecular weight is 155 g/mol. The average Bonchev–Trinajstić information content (AvgIpc) is 2.34. The number of ketones is 1. The van der Waals surface area contributed by atoms with Crippen LogP contribution in [0.5, 0.6) is 0 Å². The first-order valence-electron chi connectivity index (χ1n) is 4.13. The molecule has 0 aromatic heterocycles. The minimum atomic E-state index is 0.0729. The number of carbonyl (C=O) groups is 1. The molecule has 2 aliphatic rings. The first-order chi connectivity index (χ1) is 5.29. The molecule has 0 radical (unpaired) electrons. The van der Waals surface area contributed by atoms with Crippen molar-refractivity contribution >= 4 is 5.78 Å². The molecule has 3 nitrogen and oxygen atoms in total. The van der Waals surface area contributed by atoms with Gasteiger partial charge in [0.25, 0.3) is 0 Å². The molecule has 0 bridgehead atoms. The highest BCUT2D eigenvalue weighted by molar-refractivity contribution is 5.87. The van der Waals surface area contributed by atoms with Crippen molar-refractivity contribution in [3.05, 3.63) is 0 Å². The van der Waals surface area contributed by atoms with E-state index in [0.717, 1.165) is 19.4 Å². The molecular formula is C8H13NO2. The number of likely N-dealkylation sites (tertiary alicyclic amines) is 1. The van der Waals surface area contributed by atoms with Gasteiger partial charge in [-0.05, 0) is 26.4 Å². The van der Waals surface area contributed by atoms with Crippen LogP contribution in [0.4, 0.5) is 0 Å². The predicted molar refractivity (Wildman–Crippen MR) is 40.4 cm³/mol. The zero-order valence-corrected chi connectivity index (χ0v) is 6.75. The Morgan fingerprint density at radius 3 is 3.18 bits per heavy atom. The quantitative estimate of drug-likeness (QED) is 0.495. The van der Waals surface area contributed by atoms with Crippen LogP contribution in [-0.4, -0.2) is 43.0 Å². The third-order valence-corrected chi connectivity index (χ3v) is 2.60. The number of ether oxygens (including phenoxy) is 1. The van der Waals surface area contributed by atoms with E-state index in [4.69, 9.17) is 4.74 Å². The van der Waals surface area contributed by atoms with Crippen molar-refractivity contribution in [2.75, 3.05) is 20.2 Å². The molecule has 11 heavy (non-hydrogen) atoms. The van der Waals surface area contributed by atoms with E-state index in [2.05, 4.69) is 4.90 Å². The number of carbonyl (C=O) groups excluding carboxylic acids is 1. The van der Waals surface area contributed by atoms with E-state index in [-0.39, 0.29) is 17.9 Å². The van der Waals surface area contributed by atoms with E-state index in [0.29, 0.717) is 6.61 Å². The summed E-state index contributed by atoms with van der Waals surface area (Å²) < 4.78 is 5.35. The molecule has 2 fully saturated rings. The summed E-state index contributed by atoms with van der Waals surface area (Å²) in [6, 6.07) is 0.0729. The number of likely N-dealkylation sites (N-methyl/N-ethyl adjacent to an activating group) is 1. The van der Waals surface area contributed by atoms with E-state index in [1.165, 1.54) is 0 Å². The molecule has 0 spiro atoms. The van der Waals surface area contributed by atoms with Crippen molar-refractivity contribution in [2.24, 2.45) is 0 Å². The van der Waals surface area contributed by atoms with E-state index in [1.54, 1.807) is 0 Å². The summed E-state index contributed by atoms with van der Waals surface area (Å²) in [4.78, 5) is 13.4. The van der Waals surface area contributed by atoms with Crippen LogP contribution in [0.2, 0.25) is 0 Å². The third-order valence-electron chi connectivity index (χ3n) is 2.60. The monoisotopic (exact) mass is 155 g/mol. The molecule has 2 atom stereocenters. The van der Waals surface area contributed by atoms with Crippen LogP contribution >= 0.6 is 0 Å². The first kappa shape index (κ1) is 7.25. The molecule has 0 amide bonds. The van der Waals surface area contributed by atoms with Gasteiger partial charge < -0.3 is 4.74 Å². The Morgan fingerprint density at radius 1 is 1.64 bits per heavy atom. The normalized spacial score (nSPS) is 39.2. The van der Waals surface area contributed by atoms with Crippen LogP contribution in [0.15, 0.2) is 0 Å². The van der Waals surface area contributed by atoms with Gasteiger partial charge in [0.2, 0.25) is 0 Å². The second-order valence-electron chi connectivity index (χ2n) is 3.38. The highest BCUT2D eigenvalue weighted by Crippen LogP contribution is 2.24. The van der Waals surface area contributed by atoms with Gasteiger partial charge in [-0.1, -0.05) is 0 Å². The maximum atomic E-state index is 11.3. The molecule has 2 heterocycles. The van der Waals surface area contributed by atoms with Crippen molar-refractivity contribution in [1.29, 1.82) is 0 Å². The number of nitrogens with zero attached hydrogens (tertiary/aromatic N) is 1. The highest BCUT2D eigenvalue weighted by Gasteiger charge is 2.40. The van der Waals surface area contributed by atoms with Crippen LogP contribution < -0.4 is 0 Å². The third kappa shape index (κ3) is 1.08. The van der Waals surface area contributed by atoms with Crippen molar-refractivity contribution in [1.82, 2.24) is 4.90 Å². The van der Waals surface area contributed by atoms with Crippen molar-refractivity contribution in [2.45, 2.75) is 25.0 Å². The molecule has 3 heteroatoms. The molecule has 0 saturated carbocycles. The van der Waals surface area contributed by atoms with Crippen molar-refractivity contribution in [3.63, 3.8) is 0 Å². The summed E-state index contributed by atoms with van der Waals surface area (Å²) in [5.74, 6) is 0.261. The summed E-state index contributed by atoms with van der Waals surface area (Å²) in [5, 5.41) is 0. The van der Waals surface area contributed by atoms with Crippen LogP contribution in [0.25, 0.3) is 0 Å². The van der Waals surface area contributed by atoms with Crippen LogP contribution in [-0.2, 0) is 9.53 Å². The maximum absolute atomic E-state index is 11.3. The standard InChI is InChI=1S/C8H13NO2/c1-9-4-2-3-7-8(9)6(10)5-11-7/h7-8H,2-5H2,1H3. The van der Waals surface area contributed by atoms with Gasteiger partial charge in [0, 0.05) is 0 Å². The number of rotatable bonds is 0. The van der Waals surface area contributed by atoms with Gasteiger partial charge in [0.05, 0.1) is 12.1 Å². The minimum Gasteiger partial charge on any atom is -0.368 e. The number of fused-ring (bicyclic) bond motifs is 1. The molecule has 0 N–H and O–H groups in total. The number of hydrogen-bond acceptors (Lipinski definition) is 3. The first-order valence-corrected chi connectivity index (χ1v) is 4.13. The number of hydrogen-bond donors (Lipinski definition) is 0. The Bertz CT molecular complexity index is 181. The Balaban J connectivity index is 2.14. The van der Waals surface area contributed by atoms with Crippen molar-refractivity contribution < 1.29 is 9.53 Å². The molecule has 2 unspecified atom stereocenters. The summed E-state index contributed by atoms with van der Waals surface area (Å²) in [5.41, 5.74) is 0. The lowest BCUT2D eigenvalue weighted by atomic mass is 9.99. The van der Waals surface area contributed by atoms with E-state index in [9.17, 15) is 4.79 Å². The molecule has 62 valence electrons. The van der Waals surface area contributed by atoms with E-state index < -0.39 is 0 Å². The lowest BCUT2D eigenvalue weighted by molar-refractivity contribution is -0.121. The van der Waals surface area contributed by atoms with E-state index >= 15 is 0 Å². The fourth-order valence-electron chi connectivity index (χ4n) is 2.02. The maximum Gasteiger partial charge on any atom is 0.178 e. The Morgan fingerprint density at radius 2 is 2.45 bits per heavy atom. The summed E-state index contributed by atoms with van der Waals surface area (Å²) in [7, 11) is 2.00. The predicted octanol–water partition coefficient (Wildman–Crippen LogP) is 0.0485. The smallest absolute Gasteiger partial charge is 0.178 e. The topological polar surface area (TPSA) is 29.5 Å². The summed E-state index contributed by atoms with van der Waals surface area (Å²) in [6.45, 7) is 1.37. The molecule has 0 aliphatic carbocycles. The lowest BCUT2D eigenvalue weighted by Crippen LogP contribution is -2.46. The molecular weight excluding hydrogens is 142 g/mol. The number of piperidine rings is 1. The minimum absolute atomic E-state index is 0.0729. The Kier molecular flexibility index (Phi) is 1.69. The van der Waals surface area contributed by atoms with Gasteiger partial charge in [-0.25, -0.2) is 0 Å². The van der Waals surface area contributed by atoms with Crippen LogP contribution in [0, 0.1) is 0 Å². The molecule has 2 rings (SSSR count). The van der Waals surface area contributed by atoms with E-state index in [1.807, 2.05) is 7.05 Å². The lowest BCUT2D eigenvalue weighted by Gasteiger charge is -2.31. The van der Waals surface area contributed by atoms with Crippen molar-refractivity contribution in [3.8, 4) is 0 Å². The largest absolute Gasteiger partial charge is 0.368 e. The van der Waals surface area contributed by atoms with Gasteiger partial charge in [-0.3, -0.25) is 9.69 Å². The van der Waals surface area contributed by atoms with Gasteiger partial charge in [0.15, 0.2) is 5.78 Å². The SMILES string of the molecule is CN1CCCC2OCC(=O)C21. The second-order valence-corrected chi connectivity index (χ2v) is 3.38. The number of Topliss-reactive ketones (excluding diaryl/α,β-unsaturated/α-hetero) is 1. The second kappa shape index (κ2) is 2.57. The molecule has 2 aliphatic heterocycles. The van der Waals surface area contributed by atoms with Crippen LogP contribution in [0.1, 0.15) is 12.8 Å². The fraction of sp³-hybridized carbons (Fsp3) is 0.875. The summed E-state index contributed by atoms with van der Waals surface area (Å²) in [6.07, 6.45) is 2.41. The van der Waals surface area contributed by atoms with Gasteiger partial charge in [-0.15, -0.1) is 0 Å². The molecule has 0 aromatic rings. The highest BCUT2D eigenvalue weighted by atomic mass is 16.5.